The lowest BCUT2D eigenvalue weighted by molar-refractivity contribution is 0.277. The van der Waals surface area contributed by atoms with Crippen LogP contribution < -0.4 is 4.74 Å². The predicted molar refractivity (Wildman–Crippen MR) is 90.1 cm³/mol. The normalized spacial score (nSPS) is 9.76. The number of rotatable bonds is 4. The first-order valence-electron chi connectivity index (χ1n) is 7.36. The van der Waals surface area contributed by atoms with Gasteiger partial charge >= 0.3 is 0 Å². The van der Waals surface area contributed by atoms with E-state index < -0.39 is 0 Å². The van der Waals surface area contributed by atoms with Crippen LogP contribution in [0.5, 0.6) is 5.75 Å². The molecule has 2 aromatic rings. The summed E-state index contributed by atoms with van der Waals surface area (Å²) < 4.78 is 9.44. The molecule has 0 bridgehead atoms. The molecular formula is C19H26O2. The van der Waals surface area contributed by atoms with E-state index in [9.17, 15) is 0 Å². The molecule has 0 aliphatic heterocycles. The summed E-state index contributed by atoms with van der Waals surface area (Å²) in [6.45, 7) is 4.42. The monoisotopic (exact) mass is 286 g/mol. The van der Waals surface area contributed by atoms with Crippen molar-refractivity contribution in [2.45, 2.75) is 26.7 Å². The van der Waals surface area contributed by atoms with Crippen molar-refractivity contribution in [3.63, 3.8) is 0 Å². The van der Waals surface area contributed by atoms with Crippen molar-refractivity contribution in [1.82, 2.24) is 0 Å². The van der Waals surface area contributed by atoms with Gasteiger partial charge in [-0.2, -0.15) is 0 Å². The first-order chi connectivity index (χ1) is 10.2. The van der Waals surface area contributed by atoms with E-state index in [2.05, 4.69) is 48.9 Å². The Hall–Kier alpha value is -1.80. The van der Waals surface area contributed by atoms with Gasteiger partial charge in [-0.15, -0.1) is 0 Å². The fourth-order valence-electron chi connectivity index (χ4n) is 2.26. The van der Waals surface area contributed by atoms with Gasteiger partial charge < -0.3 is 9.47 Å². The molecule has 0 aromatic heterocycles. The highest BCUT2D eigenvalue weighted by atomic mass is 16.5. The van der Waals surface area contributed by atoms with E-state index in [0.29, 0.717) is 0 Å². The van der Waals surface area contributed by atoms with Gasteiger partial charge in [0.1, 0.15) is 5.75 Å². The minimum Gasteiger partial charge on any atom is -0.497 e. The Kier molecular flexibility index (Phi) is 7.55. The molecule has 0 saturated heterocycles. The maximum Gasteiger partial charge on any atom is 0.118 e. The quantitative estimate of drug-likeness (QED) is 0.807. The molecular weight excluding hydrogens is 260 g/mol. The summed E-state index contributed by atoms with van der Waals surface area (Å²) in [5, 5.41) is 0. The number of hydrogen-bond donors (Lipinski definition) is 0. The van der Waals surface area contributed by atoms with E-state index >= 15 is 0 Å². The summed E-state index contributed by atoms with van der Waals surface area (Å²) in [5.41, 5.74) is 5.43. The molecule has 0 radical (unpaired) electrons. The van der Waals surface area contributed by atoms with Crippen LogP contribution in [0, 0.1) is 0 Å². The van der Waals surface area contributed by atoms with Crippen LogP contribution in [-0.2, 0) is 17.6 Å². The molecule has 0 spiro atoms. The summed E-state index contributed by atoms with van der Waals surface area (Å²) in [4.78, 5) is 0. The summed E-state index contributed by atoms with van der Waals surface area (Å²) in [6, 6.07) is 15.0. The number of hydrogen-bond acceptors (Lipinski definition) is 2. The van der Waals surface area contributed by atoms with Gasteiger partial charge in [0.05, 0.1) is 7.11 Å². The van der Waals surface area contributed by atoms with E-state index in [1.807, 2.05) is 12.1 Å². The van der Waals surface area contributed by atoms with E-state index in [1.54, 1.807) is 21.3 Å². The van der Waals surface area contributed by atoms with Crippen LogP contribution in [0.1, 0.15) is 25.0 Å². The van der Waals surface area contributed by atoms with Crippen molar-refractivity contribution in [1.29, 1.82) is 0 Å². The van der Waals surface area contributed by atoms with Crippen LogP contribution >= 0.6 is 0 Å². The highest BCUT2D eigenvalue weighted by molar-refractivity contribution is 5.65. The standard InChI is InChI=1S/C17H20O.C2H6O/c1-4-13-6-7-16(12-14(13)5-2)15-8-10-17(18-3)11-9-15;1-3-2/h6-12H,4-5H2,1-3H3;1-2H3. The van der Waals surface area contributed by atoms with E-state index in [1.165, 1.54) is 22.3 Å². The lowest BCUT2D eigenvalue weighted by Crippen LogP contribution is -1.91. The molecule has 2 aromatic carbocycles. The Morgan fingerprint density at radius 1 is 0.714 bits per heavy atom. The number of aryl methyl sites for hydroxylation is 2. The van der Waals surface area contributed by atoms with Crippen molar-refractivity contribution in [3.05, 3.63) is 53.6 Å². The third-order valence-electron chi connectivity index (χ3n) is 3.39. The topological polar surface area (TPSA) is 18.5 Å². The second-order valence-corrected chi connectivity index (χ2v) is 4.83. The van der Waals surface area contributed by atoms with E-state index in [-0.39, 0.29) is 0 Å². The average Bonchev–Trinajstić information content (AvgIpc) is 2.55. The average molecular weight is 286 g/mol. The lowest BCUT2D eigenvalue weighted by Gasteiger charge is -2.09. The van der Waals surface area contributed by atoms with Gasteiger partial charge in [0.2, 0.25) is 0 Å². The molecule has 0 aliphatic carbocycles. The Morgan fingerprint density at radius 2 is 1.24 bits per heavy atom. The minimum atomic E-state index is 0.902. The molecule has 0 atom stereocenters. The summed E-state index contributed by atoms with van der Waals surface area (Å²) in [5.74, 6) is 0.902. The number of methoxy groups -OCH3 is 2. The maximum absolute atomic E-state index is 5.19. The third kappa shape index (κ3) is 4.91. The van der Waals surface area contributed by atoms with Gasteiger partial charge in [0.15, 0.2) is 0 Å². The zero-order valence-electron chi connectivity index (χ0n) is 13.8. The number of benzene rings is 2. The smallest absolute Gasteiger partial charge is 0.118 e. The molecule has 0 amide bonds. The van der Waals surface area contributed by atoms with Gasteiger partial charge in [0, 0.05) is 14.2 Å². The first-order valence-corrected chi connectivity index (χ1v) is 7.36. The maximum atomic E-state index is 5.19. The van der Waals surface area contributed by atoms with Crippen LogP contribution in [0.25, 0.3) is 11.1 Å². The Bertz CT molecular complexity index is 530. The van der Waals surface area contributed by atoms with Gasteiger partial charge in [-0.05, 0) is 47.2 Å². The molecule has 2 nitrogen and oxygen atoms in total. The van der Waals surface area contributed by atoms with Crippen molar-refractivity contribution < 1.29 is 9.47 Å². The fraction of sp³-hybridized carbons (Fsp3) is 0.368. The summed E-state index contributed by atoms with van der Waals surface area (Å²) in [6.07, 6.45) is 2.19. The molecule has 2 heteroatoms. The highest BCUT2D eigenvalue weighted by Crippen LogP contribution is 2.25. The second-order valence-electron chi connectivity index (χ2n) is 4.83. The van der Waals surface area contributed by atoms with Crippen LogP contribution in [0.3, 0.4) is 0 Å². The largest absolute Gasteiger partial charge is 0.497 e. The molecule has 0 aliphatic rings. The van der Waals surface area contributed by atoms with Crippen molar-refractivity contribution in [2.75, 3.05) is 21.3 Å². The van der Waals surface area contributed by atoms with Crippen LogP contribution in [-0.4, -0.2) is 21.3 Å². The van der Waals surface area contributed by atoms with Crippen molar-refractivity contribution in [3.8, 4) is 16.9 Å². The molecule has 21 heavy (non-hydrogen) atoms. The fourth-order valence-corrected chi connectivity index (χ4v) is 2.26. The zero-order chi connectivity index (χ0) is 15.7. The summed E-state index contributed by atoms with van der Waals surface area (Å²) in [7, 11) is 4.94. The first kappa shape index (κ1) is 17.3. The Balaban J connectivity index is 0.000000677. The predicted octanol–water partition coefficient (Wildman–Crippen LogP) is 4.75. The molecule has 0 N–H and O–H groups in total. The van der Waals surface area contributed by atoms with Crippen LogP contribution in [0.4, 0.5) is 0 Å². The van der Waals surface area contributed by atoms with Crippen molar-refractivity contribution >= 4 is 0 Å². The van der Waals surface area contributed by atoms with Gasteiger partial charge in [-0.25, -0.2) is 0 Å². The van der Waals surface area contributed by atoms with Crippen LogP contribution in [0.15, 0.2) is 42.5 Å². The zero-order valence-corrected chi connectivity index (χ0v) is 13.8. The van der Waals surface area contributed by atoms with Crippen molar-refractivity contribution in [2.24, 2.45) is 0 Å². The molecule has 114 valence electrons. The van der Waals surface area contributed by atoms with Crippen LogP contribution in [0.2, 0.25) is 0 Å². The van der Waals surface area contributed by atoms with E-state index in [0.717, 1.165) is 18.6 Å². The minimum absolute atomic E-state index is 0.902. The highest BCUT2D eigenvalue weighted by Gasteiger charge is 2.03. The lowest BCUT2D eigenvalue weighted by atomic mass is 9.96. The molecule has 2 rings (SSSR count). The van der Waals surface area contributed by atoms with Gasteiger partial charge in [-0.3, -0.25) is 0 Å². The number of ether oxygens (including phenoxy) is 2. The Labute approximate surface area is 128 Å². The third-order valence-corrected chi connectivity index (χ3v) is 3.39. The molecule has 0 unspecified atom stereocenters. The molecule has 0 fully saturated rings. The summed E-state index contributed by atoms with van der Waals surface area (Å²) >= 11 is 0. The SMILES string of the molecule is CCc1ccc(-c2ccc(OC)cc2)cc1CC.COC. The molecule has 0 heterocycles. The Morgan fingerprint density at radius 3 is 1.71 bits per heavy atom. The van der Waals surface area contributed by atoms with Gasteiger partial charge in [0.25, 0.3) is 0 Å². The second kappa shape index (κ2) is 9.19. The van der Waals surface area contributed by atoms with Gasteiger partial charge in [-0.1, -0.05) is 44.2 Å². The van der Waals surface area contributed by atoms with E-state index in [4.69, 9.17) is 4.74 Å². The molecule has 0 saturated carbocycles.